The first-order valence-electron chi connectivity index (χ1n) is 13.0. The SMILES string of the molecule is CC(C)CCC(C)(N)C(=O)NC1CC(CO[C@H](C)c2cc(C(F)(F)F)cc(C(F)(F)F)c2)(c2ccccc2)C1. The summed E-state index contributed by atoms with van der Waals surface area (Å²) in [6.45, 7) is 7.29. The number of hydrogen-bond acceptors (Lipinski definition) is 3. The minimum Gasteiger partial charge on any atom is -0.373 e. The van der Waals surface area contributed by atoms with Gasteiger partial charge in [0.15, 0.2) is 0 Å². The summed E-state index contributed by atoms with van der Waals surface area (Å²) in [6, 6.07) is 10.6. The molecule has 2 aromatic rings. The van der Waals surface area contributed by atoms with Crippen LogP contribution in [0.1, 0.15) is 81.7 Å². The molecule has 10 heteroatoms. The number of carbonyl (C=O) groups excluding carboxylic acids is 1. The second-order valence-electron chi connectivity index (χ2n) is 11.4. The molecule has 216 valence electrons. The molecular weight excluding hydrogens is 522 g/mol. The van der Waals surface area contributed by atoms with Crippen LogP contribution in [-0.2, 0) is 27.3 Å². The highest BCUT2D eigenvalue weighted by Crippen LogP contribution is 2.45. The fourth-order valence-electron chi connectivity index (χ4n) is 4.86. The van der Waals surface area contributed by atoms with Crippen LogP contribution in [0.4, 0.5) is 26.3 Å². The first-order valence-corrected chi connectivity index (χ1v) is 13.0. The number of alkyl halides is 6. The lowest BCUT2D eigenvalue weighted by Crippen LogP contribution is -2.60. The Kier molecular flexibility index (Phi) is 9.12. The number of halogens is 6. The molecule has 0 radical (unpaired) electrons. The van der Waals surface area contributed by atoms with Crippen molar-refractivity contribution in [2.75, 3.05) is 6.61 Å². The van der Waals surface area contributed by atoms with Gasteiger partial charge in [-0.2, -0.15) is 26.3 Å². The van der Waals surface area contributed by atoms with Gasteiger partial charge >= 0.3 is 12.4 Å². The monoisotopic (exact) mass is 558 g/mol. The molecule has 4 nitrogen and oxygen atoms in total. The van der Waals surface area contributed by atoms with E-state index < -0.39 is 40.5 Å². The Hall–Kier alpha value is -2.59. The lowest BCUT2D eigenvalue weighted by molar-refractivity contribution is -0.143. The van der Waals surface area contributed by atoms with Crippen molar-refractivity contribution >= 4 is 5.91 Å². The largest absolute Gasteiger partial charge is 0.416 e. The molecular formula is C29H36F6N2O2. The Bertz CT molecular complexity index is 1090. The van der Waals surface area contributed by atoms with Gasteiger partial charge in [-0.3, -0.25) is 4.79 Å². The van der Waals surface area contributed by atoms with Crippen LogP contribution in [0.15, 0.2) is 48.5 Å². The molecule has 0 saturated heterocycles. The van der Waals surface area contributed by atoms with Crippen molar-refractivity contribution < 1.29 is 35.9 Å². The number of carbonyl (C=O) groups is 1. The zero-order valence-electron chi connectivity index (χ0n) is 22.5. The molecule has 0 bridgehead atoms. The van der Waals surface area contributed by atoms with E-state index in [0.29, 0.717) is 37.3 Å². The number of ether oxygens (including phenoxy) is 1. The number of rotatable bonds is 10. The average molecular weight is 559 g/mol. The fourth-order valence-corrected chi connectivity index (χ4v) is 4.86. The van der Waals surface area contributed by atoms with Gasteiger partial charge in [-0.15, -0.1) is 0 Å². The molecule has 3 N–H and O–H groups in total. The number of amides is 1. The van der Waals surface area contributed by atoms with Gasteiger partial charge < -0.3 is 15.8 Å². The van der Waals surface area contributed by atoms with E-state index in [4.69, 9.17) is 10.5 Å². The predicted molar refractivity (Wildman–Crippen MR) is 137 cm³/mol. The zero-order valence-corrected chi connectivity index (χ0v) is 22.5. The van der Waals surface area contributed by atoms with Crippen LogP contribution in [0.25, 0.3) is 0 Å². The van der Waals surface area contributed by atoms with Crippen LogP contribution in [0.2, 0.25) is 0 Å². The lowest BCUT2D eigenvalue weighted by atomic mass is 9.62. The molecule has 1 fully saturated rings. The smallest absolute Gasteiger partial charge is 0.373 e. The molecule has 1 aliphatic rings. The van der Waals surface area contributed by atoms with E-state index in [1.165, 1.54) is 6.92 Å². The van der Waals surface area contributed by atoms with E-state index in [1.54, 1.807) is 6.92 Å². The Labute approximate surface area is 225 Å². The molecule has 0 heterocycles. The van der Waals surface area contributed by atoms with E-state index >= 15 is 0 Å². The van der Waals surface area contributed by atoms with Crippen molar-refractivity contribution in [3.63, 3.8) is 0 Å². The highest BCUT2D eigenvalue weighted by atomic mass is 19.4. The standard InChI is InChI=1S/C29H36F6N2O2/c1-18(2)10-11-26(4,36)25(38)37-24-15-27(16-24,21-8-6-5-7-9-21)17-39-19(3)20-12-22(28(30,31)32)14-23(13-20)29(33,34)35/h5-9,12-14,18-19,24H,10-11,15-17,36H2,1-4H3,(H,37,38)/t19-,24?,26?,27?/m1/s1. The highest BCUT2D eigenvalue weighted by Gasteiger charge is 2.48. The summed E-state index contributed by atoms with van der Waals surface area (Å²) in [5.74, 6) is 0.144. The van der Waals surface area contributed by atoms with Gasteiger partial charge in [0.2, 0.25) is 5.91 Å². The second-order valence-corrected chi connectivity index (χ2v) is 11.4. The Morgan fingerprint density at radius 1 is 1.00 bits per heavy atom. The van der Waals surface area contributed by atoms with E-state index in [1.807, 2.05) is 30.3 Å². The van der Waals surface area contributed by atoms with Crippen LogP contribution in [-0.4, -0.2) is 24.1 Å². The molecule has 2 aromatic carbocycles. The first kappa shape index (κ1) is 30.9. The van der Waals surface area contributed by atoms with Gasteiger partial charge in [-0.1, -0.05) is 44.2 Å². The molecule has 1 amide bonds. The third-order valence-electron chi connectivity index (χ3n) is 7.44. The molecule has 0 aliphatic heterocycles. The topological polar surface area (TPSA) is 64.4 Å². The number of hydrogen-bond donors (Lipinski definition) is 2. The van der Waals surface area contributed by atoms with Gasteiger partial charge in [0.1, 0.15) is 0 Å². The molecule has 0 spiro atoms. The summed E-state index contributed by atoms with van der Waals surface area (Å²) >= 11 is 0. The normalized spacial score (nSPS) is 22.2. The minimum atomic E-state index is -4.94. The van der Waals surface area contributed by atoms with Crippen molar-refractivity contribution in [3.05, 3.63) is 70.8 Å². The van der Waals surface area contributed by atoms with Gasteiger partial charge in [-0.05, 0) is 74.8 Å². The van der Waals surface area contributed by atoms with E-state index in [0.717, 1.165) is 12.0 Å². The summed E-state index contributed by atoms with van der Waals surface area (Å²) in [7, 11) is 0. The number of nitrogens with one attached hydrogen (secondary N) is 1. The molecule has 1 aliphatic carbocycles. The zero-order chi connectivity index (χ0) is 29.2. The maximum atomic E-state index is 13.3. The predicted octanol–water partition coefficient (Wildman–Crippen LogP) is 7.17. The first-order chi connectivity index (χ1) is 17.9. The second kappa shape index (κ2) is 11.5. The Morgan fingerprint density at radius 3 is 2.03 bits per heavy atom. The summed E-state index contributed by atoms with van der Waals surface area (Å²) in [5.41, 5.74) is 2.61. The maximum Gasteiger partial charge on any atom is 0.416 e. The summed E-state index contributed by atoms with van der Waals surface area (Å²) in [4.78, 5) is 12.9. The molecule has 2 atom stereocenters. The lowest BCUT2D eigenvalue weighted by Gasteiger charge is -2.49. The molecule has 1 saturated carbocycles. The van der Waals surface area contributed by atoms with Crippen LogP contribution in [0.3, 0.4) is 0 Å². The van der Waals surface area contributed by atoms with Crippen LogP contribution < -0.4 is 11.1 Å². The molecule has 0 aromatic heterocycles. The van der Waals surface area contributed by atoms with Crippen molar-refractivity contribution in [3.8, 4) is 0 Å². The minimum absolute atomic E-state index is 0.0510. The van der Waals surface area contributed by atoms with Crippen molar-refractivity contribution in [2.24, 2.45) is 11.7 Å². The molecule has 3 rings (SSSR count). The molecule has 39 heavy (non-hydrogen) atoms. The van der Waals surface area contributed by atoms with Crippen molar-refractivity contribution in [1.82, 2.24) is 5.32 Å². The van der Waals surface area contributed by atoms with Gasteiger partial charge in [-0.25, -0.2) is 0 Å². The summed E-state index contributed by atoms with van der Waals surface area (Å²) < 4.78 is 85.9. The third-order valence-corrected chi connectivity index (χ3v) is 7.44. The Balaban J connectivity index is 1.76. The van der Waals surface area contributed by atoms with Crippen molar-refractivity contribution in [1.29, 1.82) is 0 Å². The fraction of sp³-hybridized carbons (Fsp3) is 0.552. The van der Waals surface area contributed by atoms with Crippen LogP contribution in [0.5, 0.6) is 0 Å². The summed E-state index contributed by atoms with van der Waals surface area (Å²) in [6.07, 6.45) is -8.59. The average Bonchev–Trinajstić information content (AvgIpc) is 2.83. The third kappa shape index (κ3) is 7.75. The van der Waals surface area contributed by atoms with Crippen molar-refractivity contribution in [2.45, 2.75) is 88.8 Å². The van der Waals surface area contributed by atoms with Gasteiger partial charge in [0.05, 0.1) is 29.4 Å². The van der Waals surface area contributed by atoms with Gasteiger partial charge in [0, 0.05) is 11.5 Å². The van der Waals surface area contributed by atoms with E-state index in [9.17, 15) is 31.1 Å². The maximum absolute atomic E-state index is 13.3. The van der Waals surface area contributed by atoms with E-state index in [2.05, 4.69) is 19.2 Å². The Morgan fingerprint density at radius 2 is 1.54 bits per heavy atom. The number of nitrogens with two attached hydrogens (primary N) is 1. The van der Waals surface area contributed by atoms with Crippen LogP contribution in [0, 0.1) is 5.92 Å². The van der Waals surface area contributed by atoms with Gasteiger partial charge in [0.25, 0.3) is 0 Å². The van der Waals surface area contributed by atoms with E-state index in [-0.39, 0.29) is 30.2 Å². The summed E-state index contributed by atoms with van der Waals surface area (Å²) in [5, 5.41) is 3.00. The quantitative estimate of drug-likeness (QED) is 0.304. The molecule has 1 unspecified atom stereocenters. The van der Waals surface area contributed by atoms with Crippen LogP contribution >= 0.6 is 0 Å². The number of benzene rings is 2. The highest BCUT2D eigenvalue weighted by molar-refractivity contribution is 5.86.